The molecule has 0 bridgehead atoms. The van der Waals surface area contributed by atoms with Crippen LogP contribution in [-0.2, 0) is 5.33 Å². The van der Waals surface area contributed by atoms with Gasteiger partial charge in [0.1, 0.15) is 12.1 Å². The number of halogens is 2. The molecule has 0 radical (unpaired) electrons. The normalized spacial score (nSPS) is 10.4. The van der Waals surface area contributed by atoms with Crippen LogP contribution < -0.4 is 0 Å². The molecule has 0 atom stereocenters. The van der Waals surface area contributed by atoms with Gasteiger partial charge in [0.25, 0.3) is 0 Å². The first-order chi connectivity index (χ1) is 8.65. The van der Waals surface area contributed by atoms with Crippen molar-refractivity contribution in [2.45, 2.75) is 12.3 Å². The highest BCUT2D eigenvalue weighted by Gasteiger charge is 2.10. The number of nitrogens with zero attached hydrogens (tertiary/aromatic N) is 1. The lowest BCUT2D eigenvalue weighted by Crippen LogP contribution is -1.94. The zero-order valence-corrected chi connectivity index (χ0v) is 11.4. The maximum atomic E-state index is 13.8. The average molecular weight is 308 g/mol. The van der Waals surface area contributed by atoms with Crippen molar-refractivity contribution >= 4 is 22.2 Å². The Kier molecular flexibility index (Phi) is 3.87. The van der Waals surface area contributed by atoms with Crippen molar-refractivity contribution < 1.29 is 9.18 Å². The van der Waals surface area contributed by atoms with E-state index in [2.05, 4.69) is 20.9 Å². The van der Waals surface area contributed by atoms with Crippen molar-refractivity contribution in [2.75, 3.05) is 0 Å². The van der Waals surface area contributed by atoms with Crippen LogP contribution >= 0.6 is 15.9 Å². The molecule has 1 heterocycles. The molecule has 1 aromatic carbocycles. The zero-order valence-electron chi connectivity index (χ0n) is 9.78. The second-order valence-electron chi connectivity index (χ2n) is 3.97. The number of aromatic nitrogens is 1. The van der Waals surface area contributed by atoms with Crippen molar-refractivity contribution in [2.24, 2.45) is 0 Å². The first-order valence-corrected chi connectivity index (χ1v) is 6.54. The van der Waals surface area contributed by atoms with E-state index < -0.39 is 0 Å². The summed E-state index contributed by atoms with van der Waals surface area (Å²) in [6, 6.07) is 6.91. The molecule has 0 saturated heterocycles. The van der Waals surface area contributed by atoms with Crippen LogP contribution in [0.5, 0.6) is 0 Å². The second-order valence-corrected chi connectivity index (χ2v) is 4.53. The molecule has 0 aliphatic carbocycles. The molecule has 2 aromatic rings. The van der Waals surface area contributed by atoms with Gasteiger partial charge in [0.15, 0.2) is 0 Å². The molecule has 0 aliphatic rings. The number of rotatable bonds is 3. The van der Waals surface area contributed by atoms with Gasteiger partial charge in [0.05, 0.1) is 6.20 Å². The van der Waals surface area contributed by atoms with E-state index in [0.29, 0.717) is 16.5 Å². The highest BCUT2D eigenvalue weighted by Crippen LogP contribution is 2.28. The lowest BCUT2D eigenvalue weighted by molar-refractivity contribution is 0.112. The molecule has 0 fully saturated rings. The summed E-state index contributed by atoms with van der Waals surface area (Å²) in [6.07, 6.45) is 2.00. The molecule has 18 heavy (non-hydrogen) atoms. The SMILES string of the molecule is Cc1cc(-c2ccc(C=O)cc2CBr)c(F)cn1. The Balaban J connectivity index is 2.62. The van der Waals surface area contributed by atoms with Crippen LogP contribution in [0.15, 0.2) is 30.5 Å². The number of hydrogen-bond acceptors (Lipinski definition) is 2. The summed E-state index contributed by atoms with van der Waals surface area (Å²) in [5.74, 6) is -0.360. The number of carbonyl (C=O) groups excluding carboxylic acids is 1. The van der Waals surface area contributed by atoms with E-state index in [9.17, 15) is 9.18 Å². The van der Waals surface area contributed by atoms with Gasteiger partial charge in [-0.2, -0.15) is 0 Å². The highest BCUT2D eigenvalue weighted by molar-refractivity contribution is 9.08. The quantitative estimate of drug-likeness (QED) is 0.636. The van der Waals surface area contributed by atoms with Crippen LogP contribution in [0.4, 0.5) is 4.39 Å². The Morgan fingerprint density at radius 1 is 1.33 bits per heavy atom. The molecule has 0 spiro atoms. The van der Waals surface area contributed by atoms with Gasteiger partial charge in [-0.25, -0.2) is 4.39 Å². The Labute approximate surface area is 113 Å². The smallest absolute Gasteiger partial charge is 0.150 e. The molecule has 2 nitrogen and oxygen atoms in total. The van der Waals surface area contributed by atoms with Gasteiger partial charge in [-0.1, -0.05) is 28.1 Å². The molecule has 4 heteroatoms. The van der Waals surface area contributed by atoms with Gasteiger partial charge in [-0.05, 0) is 30.2 Å². The number of aryl methyl sites for hydroxylation is 1. The number of alkyl halides is 1. The Morgan fingerprint density at radius 3 is 2.78 bits per heavy atom. The van der Waals surface area contributed by atoms with E-state index >= 15 is 0 Å². The number of benzene rings is 1. The first-order valence-electron chi connectivity index (χ1n) is 5.42. The summed E-state index contributed by atoms with van der Waals surface area (Å²) < 4.78 is 13.8. The van der Waals surface area contributed by atoms with Crippen molar-refractivity contribution in [3.05, 3.63) is 53.1 Å². The zero-order chi connectivity index (χ0) is 13.1. The van der Waals surface area contributed by atoms with Crippen molar-refractivity contribution in [3.8, 4) is 11.1 Å². The molecular weight excluding hydrogens is 297 g/mol. The van der Waals surface area contributed by atoms with Gasteiger partial charge >= 0.3 is 0 Å². The minimum Gasteiger partial charge on any atom is -0.298 e. The number of pyridine rings is 1. The van der Waals surface area contributed by atoms with Crippen molar-refractivity contribution in [1.29, 1.82) is 0 Å². The number of hydrogen-bond donors (Lipinski definition) is 0. The predicted molar refractivity (Wildman–Crippen MR) is 72.4 cm³/mol. The van der Waals surface area contributed by atoms with Gasteiger partial charge in [0.2, 0.25) is 0 Å². The van der Waals surface area contributed by atoms with Crippen molar-refractivity contribution in [1.82, 2.24) is 4.98 Å². The molecule has 1 aromatic heterocycles. The maximum absolute atomic E-state index is 13.8. The summed E-state index contributed by atoms with van der Waals surface area (Å²) in [4.78, 5) is 14.7. The molecule has 0 aliphatic heterocycles. The fourth-order valence-electron chi connectivity index (χ4n) is 1.81. The van der Waals surface area contributed by atoms with E-state index in [4.69, 9.17) is 0 Å². The van der Waals surface area contributed by atoms with Crippen LogP contribution in [0.3, 0.4) is 0 Å². The van der Waals surface area contributed by atoms with Crippen LogP contribution in [0.1, 0.15) is 21.6 Å². The second kappa shape index (κ2) is 5.40. The lowest BCUT2D eigenvalue weighted by atomic mass is 9.98. The fraction of sp³-hybridized carbons (Fsp3) is 0.143. The van der Waals surface area contributed by atoms with E-state index in [-0.39, 0.29) is 5.82 Å². The van der Waals surface area contributed by atoms with Crippen molar-refractivity contribution in [3.63, 3.8) is 0 Å². The third-order valence-electron chi connectivity index (χ3n) is 2.69. The average Bonchev–Trinajstić information content (AvgIpc) is 2.41. The summed E-state index contributed by atoms with van der Waals surface area (Å²) in [5.41, 5.74) is 3.50. The van der Waals surface area contributed by atoms with Gasteiger partial charge in [-0.3, -0.25) is 9.78 Å². The topological polar surface area (TPSA) is 30.0 Å². The van der Waals surface area contributed by atoms with Gasteiger partial charge in [-0.15, -0.1) is 0 Å². The summed E-state index contributed by atoms with van der Waals surface area (Å²) in [7, 11) is 0. The minimum atomic E-state index is -0.360. The summed E-state index contributed by atoms with van der Waals surface area (Å²) in [5, 5.41) is 0.560. The Bertz CT molecular complexity index is 598. The lowest BCUT2D eigenvalue weighted by Gasteiger charge is -2.09. The van der Waals surface area contributed by atoms with Crippen LogP contribution in [0, 0.1) is 12.7 Å². The fourth-order valence-corrected chi connectivity index (χ4v) is 2.27. The first kappa shape index (κ1) is 12.9. The molecule has 0 unspecified atom stereocenters. The van der Waals surface area contributed by atoms with Crippen LogP contribution in [0.2, 0.25) is 0 Å². The maximum Gasteiger partial charge on any atom is 0.150 e. The Hall–Kier alpha value is -1.55. The van der Waals surface area contributed by atoms with E-state index in [1.54, 1.807) is 24.3 Å². The van der Waals surface area contributed by atoms with Gasteiger partial charge < -0.3 is 0 Å². The van der Waals surface area contributed by atoms with Gasteiger partial charge in [0, 0.05) is 22.2 Å². The largest absolute Gasteiger partial charge is 0.298 e. The molecular formula is C14H11BrFNO. The minimum absolute atomic E-state index is 0.360. The molecule has 0 saturated carbocycles. The van der Waals surface area contributed by atoms with E-state index in [0.717, 1.165) is 23.1 Å². The number of carbonyl (C=O) groups is 1. The highest BCUT2D eigenvalue weighted by atomic mass is 79.9. The third kappa shape index (κ3) is 2.48. The Morgan fingerprint density at radius 2 is 2.11 bits per heavy atom. The van der Waals surface area contributed by atoms with E-state index in [1.807, 2.05) is 6.92 Å². The van der Waals surface area contributed by atoms with Crippen LogP contribution in [-0.4, -0.2) is 11.3 Å². The molecule has 0 N–H and O–H groups in total. The molecule has 0 amide bonds. The van der Waals surface area contributed by atoms with E-state index in [1.165, 1.54) is 6.20 Å². The summed E-state index contributed by atoms with van der Waals surface area (Å²) >= 11 is 3.36. The van der Waals surface area contributed by atoms with Crippen LogP contribution in [0.25, 0.3) is 11.1 Å². The molecule has 2 rings (SSSR count). The molecule has 92 valence electrons. The predicted octanol–water partition coefficient (Wildman–Crippen LogP) is 3.90. The number of aldehydes is 1. The third-order valence-corrected chi connectivity index (χ3v) is 3.30. The standard InChI is InChI=1S/C14H11BrFNO/c1-9-4-13(14(16)7-17-9)12-3-2-10(8-18)5-11(12)6-15/h2-5,7-8H,6H2,1H3. The monoisotopic (exact) mass is 307 g/mol. The summed E-state index contributed by atoms with van der Waals surface area (Å²) in [6.45, 7) is 1.82.